The molecule has 29 heavy (non-hydrogen) atoms. The molecule has 3 nitrogen and oxygen atoms in total. The van der Waals surface area contributed by atoms with Crippen LogP contribution in [0.1, 0.15) is 0 Å². The third-order valence-electron chi connectivity index (χ3n) is 5.65. The largest absolute Gasteiger partial charge is 0.456 e. The topological polar surface area (TPSA) is 31.0 Å². The predicted octanol–water partition coefficient (Wildman–Crippen LogP) is 7.29. The van der Waals surface area contributed by atoms with Crippen LogP contribution in [-0.2, 0) is 0 Å². The van der Waals surface area contributed by atoms with E-state index < -0.39 is 0 Å². The van der Waals surface area contributed by atoms with E-state index in [1.54, 1.807) is 11.3 Å². The molecule has 0 aliphatic heterocycles. The molecule has 0 unspecified atom stereocenters. The maximum absolute atomic E-state index is 6.18. The summed E-state index contributed by atoms with van der Waals surface area (Å²) in [5.74, 6) is 0. The second kappa shape index (κ2) is 5.46. The molecule has 0 atom stereocenters. The van der Waals surface area contributed by atoms with Crippen LogP contribution >= 0.6 is 11.3 Å². The lowest BCUT2D eigenvalue weighted by molar-refractivity contribution is 0.669. The summed E-state index contributed by atoms with van der Waals surface area (Å²) in [6, 6.07) is 29.4. The molecule has 7 aromatic rings. The highest BCUT2D eigenvalue weighted by molar-refractivity contribution is 7.20. The molecule has 3 heterocycles. The number of benzene rings is 4. The smallest absolute Gasteiger partial charge is 0.195 e. The molecule has 0 aliphatic carbocycles. The van der Waals surface area contributed by atoms with Crippen LogP contribution in [0.3, 0.4) is 0 Å². The second-order valence-corrected chi connectivity index (χ2v) is 8.26. The van der Waals surface area contributed by atoms with Crippen molar-refractivity contribution in [2.24, 2.45) is 0 Å². The molecule has 0 saturated carbocycles. The Labute approximate surface area is 169 Å². The zero-order valence-electron chi connectivity index (χ0n) is 15.3. The van der Waals surface area contributed by atoms with Gasteiger partial charge in [-0.2, -0.15) is 0 Å². The van der Waals surface area contributed by atoms with Gasteiger partial charge in [-0.3, -0.25) is 4.57 Å². The summed E-state index contributed by atoms with van der Waals surface area (Å²) in [6.45, 7) is 0. The van der Waals surface area contributed by atoms with Crippen LogP contribution in [0.15, 0.2) is 89.3 Å². The highest BCUT2D eigenvalue weighted by Crippen LogP contribution is 2.41. The fourth-order valence-corrected chi connectivity index (χ4v) is 5.41. The van der Waals surface area contributed by atoms with Crippen molar-refractivity contribution in [1.82, 2.24) is 9.55 Å². The van der Waals surface area contributed by atoms with Gasteiger partial charge in [-0.1, -0.05) is 59.9 Å². The first kappa shape index (κ1) is 15.3. The van der Waals surface area contributed by atoms with Crippen LogP contribution in [0, 0.1) is 0 Å². The minimum Gasteiger partial charge on any atom is -0.456 e. The Morgan fingerprint density at radius 2 is 1.48 bits per heavy atom. The first-order valence-electron chi connectivity index (χ1n) is 9.58. The van der Waals surface area contributed by atoms with Gasteiger partial charge < -0.3 is 4.42 Å². The minimum atomic E-state index is 0.906. The number of rotatable bonds is 1. The van der Waals surface area contributed by atoms with Crippen molar-refractivity contribution in [1.29, 1.82) is 0 Å². The van der Waals surface area contributed by atoms with Crippen LogP contribution < -0.4 is 0 Å². The average molecular weight is 390 g/mol. The lowest BCUT2D eigenvalue weighted by atomic mass is 10.1. The fourth-order valence-electron chi connectivity index (χ4n) is 4.42. The van der Waals surface area contributed by atoms with Gasteiger partial charge in [-0.05, 0) is 36.4 Å². The lowest BCUT2D eigenvalue weighted by Gasteiger charge is -2.04. The highest BCUT2D eigenvalue weighted by Gasteiger charge is 2.20. The summed E-state index contributed by atoms with van der Waals surface area (Å²) in [5, 5.41) is 5.72. The number of para-hydroxylation sites is 3. The van der Waals surface area contributed by atoms with Crippen LogP contribution in [0.5, 0.6) is 0 Å². The van der Waals surface area contributed by atoms with E-state index in [0.717, 1.165) is 38.1 Å². The number of hydrogen-bond acceptors (Lipinski definition) is 3. The Kier molecular flexibility index (Phi) is 2.88. The van der Waals surface area contributed by atoms with Gasteiger partial charge in [-0.15, -0.1) is 0 Å². The molecule has 0 spiro atoms. The van der Waals surface area contributed by atoms with Crippen LogP contribution in [-0.4, -0.2) is 9.55 Å². The third kappa shape index (κ3) is 1.99. The molecule has 0 fully saturated rings. The molecule has 0 N–H and O–H groups in total. The summed E-state index contributed by atoms with van der Waals surface area (Å²) in [4.78, 5) is 4.98. The van der Waals surface area contributed by atoms with E-state index in [4.69, 9.17) is 9.40 Å². The van der Waals surface area contributed by atoms with Gasteiger partial charge in [-0.25, -0.2) is 4.98 Å². The van der Waals surface area contributed by atoms with Gasteiger partial charge in [0.2, 0.25) is 0 Å². The predicted molar refractivity (Wildman–Crippen MR) is 121 cm³/mol. The Morgan fingerprint density at radius 3 is 2.41 bits per heavy atom. The van der Waals surface area contributed by atoms with Crippen LogP contribution in [0.4, 0.5) is 0 Å². The van der Waals surface area contributed by atoms with E-state index in [0.29, 0.717) is 0 Å². The van der Waals surface area contributed by atoms with Crippen molar-refractivity contribution in [2.75, 3.05) is 0 Å². The molecule has 4 heteroatoms. The van der Waals surface area contributed by atoms with Gasteiger partial charge in [0, 0.05) is 16.2 Å². The summed E-state index contributed by atoms with van der Waals surface area (Å²) >= 11 is 1.72. The van der Waals surface area contributed by atoms with Crippen molar-refractivity contribution in [3.05, 3.63) is 84.9 Å². The summed E-state index contributed by atoms with van der Waals surface area (Å²) in [5.41, 5.74) is 5.18. The molecule has 136 valence electrons. The van der Waals surface area contributed by atoms with Crippen LogP contribution in [0.2, 0.25) is 0 Å². The third-order valence-corrected chi connectivity index (χ3v) is 6.67. The van der Waals surface area contributed by atoms with E-state index in [1.807, 2.05) is 18.2 Å². The number of thiazole rings is 1. The molecular weight excluding hydrogens is 376 g/mol. The SMILES string of the molecule is c1ccc2sc(-n3c4ccccc4c4ccc5oc6ccccc6c5c43)nc2c1. The van der Waals surface area contributed by atoms with Gasteiger partial charge >= 0.3 is 0 Å². The Bertz CT molecular complexity index is 1680. The number of fused-ring (bicyclic) bond motifs is 8. The molecule has 0 bridgehead atoms. The number of hydrogen-bond donors (Lipinski definition) is 0. The molecule has 7 rings (SSSR count). The van der Waals surface area contributed by atoms with Gasteiger partial charge in [0.15, 0.2) is 5.13 Å². The van der Waals surface area contributed by atoms with E-state index in [9.17, 15) is 0 Å². The average Bonchev–Trinajstić information content (AvgIpc) is 3.44. The minimum absolute atomic E-state index is 0.906. The molecular formula is C25H14N2OS. The van der Waals surface area contributed by atoms with E-state index >= 15 is 0 Å². The lowest BCUT2D eigenvalue weighted by Crippen LogP contribution is -1.92. The Hall–Kier alpha value is -3.63. The normalized spacial score (nSPS) is 12.1. The maximum atomic E-state index is 6.18. The van der Waals surface area contributed by atoms with Crippen LogP contribution in [0.25, 0.3) is 59.1 Å². The molecule has 3 aromatic heterocycles. The zero-order valence-corrected chi connectivity index (χ0v) is 16.1. The zero-order chi connectivity index (χ0) is 18.9. The van der Waals surface area contributed by atoms with Crippen molar-refractivity contribution < 1.29 is 4.42 Å². The number of furan rings is 1. The monoisotopic (exact) mass is 390 g/mol. The Balaban J connectivity index is 1.76. The quantitative estimate of drug-likeness (QED) is 0.295. The molecule has 0 amide bonds. The number of aromatic nitrogens is 2. The van der Waals surface area contributed by atoms with Crippen molar-refractivity contribution in [2.45, 2.75) is 0 Å². The van der Waals surface area contributed by atoms with Crippen molar-refractivity contribution in [3.8, 4) is 5.13 Å². The van der Waals surface area contributed by atoms with Gasteiger partial charge in [0.1, 0.15) is 11.2 Å². The first-order chi connectivity index (χ1) is 14.4. The standard InChI is InChI=1S/C25H14N2OS/c1-4-10-19-15(7-1)16-13-14-21-23(17-8-2-5-11-20(17)28-21)24(16)27(19)25-26-18-9-3-6-12-22(18)29-25/h1-14H. The highest BCUT2D eigenvalue weighted by atomic mass is 32.1. The summed E-state index contributed by atoms with van der Waals surface area (Å²) in [7, 11) is 0. The molecule has 0 radical (unpaired) electrons. The van der Waals surface area contributed by atoms with Gasteiger partial charge in [0.05, 0.1) is 26.6 Å². The second-order valence-electron chi connectivity index (χ2n) is 7.25. The summed E-state index contributed by atoms with van der Waals surface area (Å²) < 4.78 is 9.67. The van der Waals surface area contributed by atoms with E-state index in [2.05, 4.69) is 71.3 Å². The van der Waals surface area contributed by atoms with E-state index in [1.165, 1.54) is 21.0 Å². The van der Waals surface area contributed by atoms with Crippen molar-refractivity contribution >= 4 is 65.3 Å². The van der Waals surface area contributed by atoms with E-state index in [-0.39, 0.29) is 0 Å². The summed E-state index contributed by atoms with van der Waals surface area (Å²) in [6.07, 6.45) is 0. The fraction of sp³-hybridized carbons (Fsp3) is 0. The molecule has 0 aliphatic rings. The van der Waals surface area contributed by atoms with Crippen molar-refractivity contribution in [3.63, 3.8) is 0 Å². The Morgan fingerprint density at radius 1 is 0.690 bits per heavy atom. The number of nitrogens with zero attached hydrogens (tertiary/aromatic N) is 2. The maximum Gasteiger partial charge on any atom is 0.195 e. The molecule has 0 saturated heterocycles. The first-order valence-corrected chi connectivity index (χ1v) is 10.4. The van der Waals surface area contributed by atoms with Gasteiger partial charge in [0.25, 0.3) is 0 Å². The molecule has 4 aromatic carbocycles.